The van der Waals surface area contributed by atoms with Crippen molar-refractivity contribution in [2.24, 2.45) is 0 Å². The molecule has 0 saturated heterocycles. The van der Waals surface area contributed by atoms with E-state index in [1.54, 1.807) is 0 Å². The van der Waals surface area contributed by atoms with Crippen molar-refractivity contribution < 1.29 is 0 Å². The summed E-state index contributed by atoms with van der Waals surface area (Å²) >= 11 is 0. The van der Waals surface area contributed by atoms with Crippen molar-refractivity contribution in [3.63, 3.8) is 0 Å². The fourth-order valence-corrected chi connectivity index (χ4v) is 1.57. The van der Waals surface area contributed by atoms with Crippen LogP contribution in [0.15, 0.2) is 12.1 Å². The van der Waals surface area contributed by atoms with Gasteiger partial charge in [-0.15, -0.1) is 0 Å². The van der Waals surface area contributed by atoms with Gasteiger partial charge in [0.05, 0.1) is 0 Å². The molecule has 2 heteroatoms. The fourth-order valence-electron chi connectivity index (χ4n) is 1.57. The van der Waals surface area contributed by atoms with E-state index in [0.717, 1.165) is 18.8 Å². The highest BCUT2D eigenvalue weighted by atomic mass is 15.0. The lowest BCUT2D eigenvalue weighted by Crippen LogP contribution is -2.13. The molecule has 0 aliphatic carbocycles. The molecule has 0 unspecified atom stereocenters. The molecule has 1 N–H and O–H groups in total. The maximum Gasteiger partial charge on any atom is 0.129 e. The van der Waals surface area contributed by atoms with E-state index in [1.165, 1.54) is 24.1 Å². The van der Waals surface area contributed by atoms with Gasteiger partial charge in [0.15, 0.2) is 0 Å². The predicted molar refractivity (Wildman–Crippen MR) is 50.4 cm³/mol. The summed E-state index contributed by atoms with van der Waals surface area (Å²) in [6.07, 6.45) is 3.44. The van der Waals surface area contributed by atoms with Gasteiger partial charge in [-0.25, -0.2) is 4.98 Å². The summed E-state index contributed by atoms with van der Waals surface area (Å²) in [6.45, 7) is 3.21. The number of aromatic nitrogens is 1. The van der Waals surface area contributed by atoms with Gasteiger partial charge in [-0.1, -0.05) is 13.0 Å². The van der Waals surface area contributed by atoms with Gasteiger partial charge in [0, 0.05) is 12.2 Å². The van der Waals surface area contributed by atoms with Gasteiger partial charge in [-0.2, -0.15) is 0 Å². The topological polar surface area (TPSA) is 24.9 Å². The third kappa shape index (κ3) is 1.29. The molecule has 0 bridgehead atoms. The highest BCUT2D eigenvalue weighted by Gasteiger charge is 2.08. The molecule has 2 heterocycles. The molecule has 2 nitrogen and oxygen atoms in total. The van der Waals surface area contributed by atoms with Crippen molar-refractivity contribution >= 4 is 5.82 Å². The number of anilines is 1. The van der Waals surface area contributed by atoms with Crippen molar-refractivity contribution in [1.82, 2.24) is 4.98 Å². The predicted octanol–water partition coefficient (Wildman–Crippen LogP) is 2.00. The van der Waals surface area contributed by atoms with Crippen LogP contribution in [0, 0.1) is 0 Å². The quantitative estimate of drug-likeness (QED) is 0.683. The van der Waals surface area contributed by atoms with Crippen LogP contribution < -0.4 is 5.32 Å². The van der Waals surface area contributed by atoms with E-state index in [1.807, 2.05) is 0 Å². The Hall–Kier alpha value is -1.05. The fraction of sp³-hybridized carbons (Fsp3) is 0.500. The second-order valence-corrected chi connectivity index (χ2v) is 3.19. The van der Waals surface area contributed by atoms with Gasteiger partial charge >= 0.3 is 0 Å². The van der Waals surface area contributed by atoms with Crippen LogP contribution in [0.4, 0.5) is 5.82 Å². The van der Waals surface area contributed by atoms with Crippen molar-refractivity contribution in [3.05, 3.63) is 23.4 Å². The zero-order valence-electron chi connectivity index (χ0n) is 7.43. The number of nitrogens with one attached hydrogen (secondary N) is 1. The third-order valence-corrected chi connectivity index (χ3v) is 2.31. The minimum Gasteiger partial charge on any atom is -0.370 e. The maximum atomic E-state index is 4.52. The largest absolute Gasteiger partial charge is 0.370 e. The van der Waals surface area contributed by atoms with Crippen LogP contribution >= 0.6 is 0 Å². The smallest absolute Gasteiger partial charge is 0.129 e. The highest BCUT2D eigenvalue weighted by Crippen LogP contribution is 2.19. The summed E-state index contributed by atoms with van der Waals surface area (Å²) in [6, 6.07) is 4.33. The molecular weight excluding hydrogens is 148 g/mol. The highest BCUT2D eigenvalue weighted by molar-refractivity contribution is 5.46. The average Bonchev–Trinajstić information content (AvgIpc) is 2.17. The van der Waals surface area contributed by atoms with Gasteiger partial charge in [0.25, 0.3) is 0 Å². The second kappa shape index (κ2) is 3.13. The van der Waals surface area contributed by atoms with Crippen molar-refractivity contribution in [2.45, 2.75) is 26.2 Å². The van der Waals surface area contributed by atoms with Gasteiger partial charge in [0.2, 0.25) is 0 Å². The molecule has 1 aromatic rings. The Morgan fingerprint density at radius 1 is 1.50 bits per heavy atom. The van der Waals surface area contributed by atoms with Crippen molar-refractivity contribution in [3.8, 4) is 0 Å². The third-order valence-electron chi connectivity index (χ3n) is 2.31. The Morgan fingerprint density at radius 2 is 2.42 bits per heavy atom. The first-order chi connectivity index (χ1) is 5.90. The zero-order chi connectivity index (χ0) is 8.39. The Kier molecular flexibility index (Phi) is 1.98. The molecule has 1 aliphatic rings. The summed E-state index contributed by atoms with van der Waals surface area (Å²) in [5.41, 5.74) is 2.56. The number of fused-ring (bicyclic) bond motifs is 1. The number of nitrogens with zero attached hydrogens (tertiary/aromatic N) is 1. The minimum atomic E-state index is 1.02. The van der Waals surface area contributed by atoms with E-state index in [0.29, 0.717) is 0 Å². The molecule has 2 rings (SSSR count). The second-order valence-electron chi connectivity index (χ2n) is 3.19. The zero-order valence-corrected chi connectivity index (χ0v) is 7.43. The molecule has 0 spiro atoms. The molecule has 12 heavy (non-hydrogen) atoms. The molecule has 1 aliphatic heterocycles. The number of hydrogen-bond acceptors (Lipinski definition) is 2. The number of hydrogen-bond donors (Lipinski definition) is 1. The van der Waals surface area contributed by atoms with E-state index in [9.17, 15) is 0 Å². The van der Waals surface area contributed by atoms with Crippen LogP contribution in [-0.2, 0) is 12.8 Å². The summed E-state index contributed by atoms with van der Waals surface area (Å²) in [5, 5.41) is 3.33. The van der Waals surface area contributed by atoms with Crippen LogP contribution in [-0.4, -0.2) is 11.5 Å². The van der Waals surface area contributed by atoms with Gasteiger partial charge < -0.3 is 5.32 Å². The first-order valence-corrected chi connectivity index (χ1v) is 4.63. The Balaban J connectivity index is 2.36. The first-order valence-electron chi connectivity index (χ1n) is 4.63. The first kappa shape index (κ1) is 7.59. The van der Waals surface area contributed by atoms with Gasteiger partial charge in [-0.3, -0.25) is 0 Å². The molecule has 0 atom stereocenters. The lowest BCUT2D eigenvalue weighted by molar-refractivity contribution is 0.811. The SMILES string of the molecule is CCc1ccc2c(n1)NCCC2. The van der Waals surface area contributed by atoms with Crippen LogP contribution in [0.1, 0.15) is 24.6 Å². The number of pyridine rings is 1. The molecule has 0 amide bonds. The molecule has 1 aromatic heterocycles. The number of aryl methyl sites for hydroxylation is 2. The molecule has 0 saturated carbocycles. The molecule has 0 fully saturated rings. The average molecular weight is 162 g/mol. The van der Waals surface area contributed by atoms with E-state index in [-0.39, 0.29) is 0 Å². The Bertz CT molecular complexity index is 281. The normalized spacial score (nSPS) is 15.1. The van der Waals surface area contributed by atoms with Crippen molar-refractivity contribution in [2.75, 3.05) is 11.9 Å². The van der Waals surface area contributed by atoms with Gasteiger partial charge in [-0.05, 0) is 30.9 Å². The molecule has 0 radical (unpaired) electrons. The van der Waals surface area contributed by atoms with Crippen LogP contribution in [0.2, 0.25) is 0 Å². The van der Waals surface area contributed by atoms with Gasteiger partial charge in [0.1, 0.15) is 5.82 Å². The van der Waals surface area contributed by atoms with Crippen LogP contribution in [0.5, 0.6) is 0 Å². The maximum absolute atomic E-state index is 4.52. The minimum absolute atomic E-state index is 1.02. The van der Waals surface area contributed by atoms with Crippen LogP contribution in [0.25, 0.3) is 0 Å². The molecular formula is C10H14N2. The molecule has 0 aromatic carbocycles. The van der Waals surface area contributed by atoms with Crippen molar-refractivity contribution in [1.29, 1.82) is 0 Å². The number of rotatable bonds is 1. The monoisotopic (exact) mass is 162 g/mol. The molecule has 64 valence electrons. The lowest BCUT2D eigenvalue weighted by atomic mass is 10.1. The van der Waals surface area contributed by atoms with E-state index in [4.69, 9.17) is 0 Å². The summed E-state index contributed by atoms with van der Waals surface area (Å²) < 4.78 is 0. The lowest BCUT2D eigenvalue weighted by Gasteiger charge is -2.16. The summed E-state index contributed by atoms with van der Waals surface area (Å²) in [5.74, 6) is 1.11. The van der Waals surface area contributed by atoms with E-state index >= 15 is 0 Å². The van der Waals surface area contributed by atoms with E-state index < -0.39 is 0 Å². The summed E-state index contributed by atoms with van der Waals surface area (Å²) in [4.78, 5) is 4.52. The Morgan fingerprint density at radius 3 is 3.25 bits per heavy atom. The standard InChI is InChI=1S/C10H14N2/c1-2-9-6-5-8-4-3-7-11-10(8)12-9/h5-6H,2-4,7H2,1H3,(H,11,12). The van der Waals surface area contributed by atoms with E-state index in [2.05, 4.69) is 29.4 Å². The van der Waals surface area contributed by atoms with Crippen LogP contribution in [0.3, 0.4) is 0 Å². The Labute approximate surface area is 73.0 Å². The summed E-state index contributed by atoms with van der Waals surface area (Å²) in [7, 11) is 0.